The molecule has 3 heteroatoms. The SMILES string of the molecule is C1=CC2=C(CC1)C1(c3ccccc32)c2ccccc2-c2c1ccc1c2Oc2c(cccc2N(C2=CCC(c3ccc(-c4ccccc4)cc3)C=C2)c2ccccc2)O1. The summed E-state index contributed by atoms with van der Waals surface area (Å²) in [5.74, 6) is 3.22. The number of ether oxygens (including phenoxy) is 2. The zero-order valence-electron chi connectivity index (χ0n) is 31.9. The summed E-state index contributed by atoms with van der Waals surface area (Å²) in [5, 5.41) is 0. The molecular weight excluding hydrogens is 707 g/mol. The smallest absolute Gasteiger partial charge is 0.194 e. The van der Waals surface area contributed by atoms with Gasteiger partial charge in [0.2, 0.25) is 0 Å². The number of para-hydroxylation sites is 2. The van der Waals surface area contributed by atoms with Gasteiger partial charge in [0.15, 0.2) is 23.0 Å². The third-order valence-electron chi connectivity index (χ3n) is 12.8. The summed E-state index contributed by atoms with van der Waals surface area (Å²) in [6, 6.07) is 58.8. The summed E-state index contributed by atoms with van der Waals surface area (Å²) in [6.07, 6.45) is 14.6. The van der Waals surface area contributed by atoms with E-state index in [9.17, 15) is 0 Å². The Kier molecular flexibility index (Phi) is 7.40. The Hall–Kier alpha value is -7.10. The highest BCUT2D eigenvalue weighted by molar-refractivity contribution is 5.99. The van der Waals surface area contributed by atoms with Crippen LogP contribution in [0.2, 0.25) is 0 Å². The number of hydrogen-bond acceptors (Lipinski definition) is 3. The van der Waals surface area contributed by atoms with Crippen LogP contribution in [0.15, 0.2) is 205 Å². The van der Waals surface area contributed by atoms with Crippen LogP contribution >= 0.6 is 0 Å². The first-order chi connectivity index (χ1) is 28.8. The standard InChI is InChI=1S/C55H39NO2/c1-3-14-36(15-4-1)37-26-28-38(29-27-37)39-30-32-41(33-31-39)56(40-16-5-2-6-17-40)49-24-13-25-50-53(49)58-54-51(57-50)35-34-48-52(54)44-20-9-12-23-47(44)55(48)45-21-10-7-18-42(45)43-19-8-11-22-46(43)55/h1-10,12-21,23-30,32-35,39H,11,22,31H2. The number of anilines is 2. The summed E-state index contributed by atoms with van der Waals surface area (Å²) >= 11 is 0. The van der Waals surface area contributed by atoms with E-state index < -0.39 is 0 Å². The topological polar surface area (TPSA) is 21.7 Å². The predicted molar refractivity (Wildman–Crippen MR) is 235 cm³/mol. The number of rotatable bonds is 5. The summed E-state index contributed by atoms with van der Waals surface area (Å²) in [6.45, 7) is 0. The van der Waals surface area contributed by atoms with Crippen molar-refractivity contribution >= 4 is 16.9 Å². The van der Waals surface area contributed by atoms with Gasteiger partial charge in [-0.15, -0.1) is 0 Å². The molecule has 2 unspecified atom stereocenters. The van der Waals surface area contributed by atoms with Crippen molar-refractivity contribution in [2.24, 2.45) is 0 Å². The lowest BCUT2D eigenvalue weighted by Crippen LogP contribution is -2.27. The van der Waals surface area contributed by atoms with Crippen molar-refractivity contribution in [2.45, 2.75) is 30.6 Å². The minimum absolute atomic E-state index is 0.285. The molecule has 1 spiro atoms. The zero-order chi connectivity index (χ0) is 38.2. The molecule has 0 saturated heterocycles. The molecule has 0 fully saturated rings. The molecule has 276 valence electrons. The van der Waals surface area contributed by atoms with Gasteiger partial charge < -0.3 is 14.4 Å². The Morgan fingerprint density at radius 3 is 2.05 bits per heavy atom. The van der Waals surface area contributed by atoms with Crippen molar-refractivity contribution in [2.75, 3.05) is 4.90 Å². The third kappa shape index (κ3) is 4.80. The van der Waals surface area contributed by atoms with Crippen molar-refractivity contribution in [1.82, 2.24) is 0 Å². The first kappa shape index (κ1) is 33.1. The molecule has 0 N–H and O–H groups in total. The fraction of sp³-hybridized carbons (Fsp3) is 0.0909. The molecule has 1 heterocycles. The number of hydrogen-bond donors (Lipinski definition) is 0. The van der Waals surface area contributed by atoms with E-state index in [4.69, 9.17) is 9.47 Å². The monoisotopic (exact) mass is 745 g/mol. The normalized spacial score (nSPS) is 18.9. The molecule has 0 radical (unpaired) electrons. The molecule has 5 aliphatic rings. The largest absolute Gasteiger partial charge is 0.449 e. The van der Waals surface area contributed by atoms with Crippen LogP contribution in [-0.2, 0) is 5.41 Å². The first-order valence-corrected chi connectivity index (χ1v) is 20.4. The fourth-order valence-corrected chi connectivity index (χ4v) is 10.3. The van der Waals surface area contributed by atoms with E-state index in [1.165, 1.54) is 55.7 Å². The van der Waals surface area contributed by atoms with Gasteiger partial charge in [-0.2, -0.15) is 0 Å². The van der Waals surface area contributed by atoms with Crippen molar-refractivity contribution in [3.05, 3.63) is 233 Å². The van der Waals surface area contributed by atoms with Crippen LogP contribution in [0.3, 0.4) is 0 Å². The number of nitrogens with zero attached hydrogens (tertiary/aromatic N) is 1. The van der Waals surface area contributed by atoms with Gasteiger partial charge in [-0.25, -0.2) is 0 Å². The molecule has 7 aromatic rings. The summed E-state index contributed by atoms with van der Waals surface area (Å²) in [7, 11) is 0. The van der Waals surface area contributed by atoms with Gasteiger partial charge in [0, 0.05) is 22.9 Å². The van der Waals surface area contributed by atoms with E-state index in [-0.39, 0.29) is 11.3 Å². The van der Waals surface area contributed by atoms with Crippen molar-refractivity contribution in [3.63, 3.8) is 0 Å². The number of allylic oxidation sites excluding steroid dienone is 7. The maximum absolute atomic E-state index is 7.32. The molecule has 1 aliphatic heterocycles. The third-order valence-corrected chi connectivity index (χ3v) is 12.8. The highest BCUT2D eigenvalue weighted by Gasteiger charge is 2.54. The number of benzene rings is 7. The molecule has 0 aromatic heterocycles. The van der Waals surface area contributed by atoms with Crippen LogP contribution in [0.5, 0.6) is 23.0 Å². The quantitative estimate of drug-likeness (QED) is 0.175. The molecule has 4 aliphatic carbocycles. The molecular formula is C55H39NO2. The minimum atomic E-state index is -0.382. The fourth-order valence-electron chi connectivity index (χ4n) is 10.3. The van der Waals surface area contributed by atoms with Crippen LogP contribution in [-0.4, -0.2) is 0 Å². The highest BCUT2D eigenvalue weighted by Crippen LogP contribution is 2.67. The van der Waals surface area contributed by atoms with Gasteiger partial charge in [-0.3, -0.25) is 0 Å². The van der Waals surface area contributed by atoms with Crippen LogP contribution in [0.25, 0.3) is 27.8 Å². The maximum atomic E-state index is 7.32. The lowest BCUT2D eigenvalue weighted by Gasteiger charge is -2.34. The van der Waals surface area contributed by atoms with Crippen LogP contribution in [0.4, 0.5) is 11.4 Å². The van der Waals surface area contributed by atoms with Crippen LogP contribution < -0.4 is 14.4 Å². The Morgan fingerprint density at radius 2 is 1.26 bits per heavy atom. The van der Waals surface area contributed by atoms with Gasteiger partial charge in [0.1, 0.15) is 0 Å². The lowest BCUT2D eigenvalue weighted by molar-refractivity contribution is 0.361. The van der Waals surface area contributed by atoms with Gasteiger partial charge in [0.05, 0.1) is 11.1 Å². The van der Waals surface area contributed by atoms with E-state index in [0.717, 1.165) is 53.4 Å². The molecule has 2 atom stereocenters. The average Bonchev–Trinajstić information content (AvgIpc) is 3.77. The highest BCUT2D eigenvalue weighted by atomic mass is 16.6. The van der Waals surface area contributed by atoms with Gasteiger partial charge in [-0.1, -0.05) is 158 Å². The summed E-state index contributed by atoms with van der Waals surface area (Å²) in [4.78, 5) is 2.32. The second-order valence-electron chi connectivity index (χ2n) is 15.8. The molecule has 0 amide bonds. The van der Waals surface area contributed by atoms with Crippen molar-refractivity contribution in [3.8, 4) is 45.3 Å². The Bertz CT molecular complexity index is 2920. The maximum Gasteiger partial charge on any atom is 0.194 e. The Labute approximate surface area is 339 Å². The van der Waals surface area contributed by atoms with E-state index in [1.54, 1.807) is 0 Å². The Morgan fingerprint density at radius 1 is 0.552 bits per heavy atom. The first-order valence-electron chi connectivity index (χ1n) is 20.4. The minimum Gasteiger partial charge on any atom is -0.449 e. The van der Waals surface area contributed by atoms with Crippen molar-refractivity contribution in [1.29, 1.82) is 0 Å². The van der Waals surface area contributed by atoms with Crippen molar-refractivity contribution < 1.29 is 9.47 Å². The Balaban J connectivity index is 0.954. The zero-order valence-corrected chi connectivity index (χ0v) is 31.9. The van der Waals surface area contributed by atoms with Crippen LogP contribution in [0, 0.1) is 0 Å². The van der Waals surface area contributed by atoms with E-state index in [2.05, 4.69) is 193 Å². The molecule has 0 saturated carbocycles. The summed E-state index contributed by atoms with van der Waals surface area (Å²) < 4.78 is 14.2. The molecule has 3 nitrogen and oxygen atoms in total. The van der Waals surface area contributed by atoms with Gasteiger partial charge in [-0.05, 0) is 111 Å². The average molecular weight is 746 g/mol. The number of fused-ring (bicyclic) bond motifs is 12. The lowest BCUT2D eigenvalue weighted by atomic mass is 9.68. The molecule has 58 heavy (non-hydrogen) atoms. The van der Waals surface area contributed by atoms with E-state index >= 15 is 0 Å². The van der Waals surface area contributed by atoms with E-state index in [1.807, 2.05) is 6.07 Å². The van der Waals surface area contributed by atoms with Crippen LogP contribution in [0.1, 0.15) is 53.0 Å². The summed E-state index contributed by atoms with van der Waals surface area (Å²) in [5.41, 5.74) is 16.9. The second kappa shape index (κ2) is 13.0. The van der Waals surface area contributed by atoms with Gasteiger partial charge >= 0.3 is 0 Å². The van der Waals surface area contributed by atoms with Gasteiger partial charge in [0.25, 0.3) is 0 Å². The second-order valence-corrected chi connectivity index (χ2v) is 15.8. The van der Waals surface area contributed by atoms with E-state index in [0.29, 0.717) is 11.5 Å². The molecule has 12 rings (SSSR count). The molecule has 0 bridgehead atoms. The predicted octanol–water partition coefficient (Wildman–Crippen LogP) is 14.4. The molecule has 7 aromatic carbocycles.